The molecule has 2 N–H and O–H groups in total. The summed E-state index contributed by atoms with van der Waals surface area (Å²) in [5, 5.41) is 0. The highest BCUT2D eigenvalue weighted by Crippen LogP contribution is 2.40. The maximum absolute atomic E-state index is 13.0. The van der Waals surface area contributed by atoms with Gasteiger partial charge in [0.25, 0.3) is 0 Å². The van der Waals surface area contributed by atoms with E-state index in [4.69, 9.17) is 18.0 Å². The fourth-order valence-electron chi connectivity index (χ4n) is 3.73. The van der Waals surface area contributed by atoms with Gasteiger partial charge in [0.1, 0.15) is 0 Å². The fraction of sp³-hybridized carbons (Fsp3) is 0.867. The van der Waals surface area contributed by atoms with Crippen molar-refractivity contribution in [2.24, 2.45) is 17.1 Å². The zero-order chi connectivity index (χ0) is 14.0. The third kappa shape index (κ3) is 2.64. The number of rotatable bonds is 3. The molecule has 2 rings (SSSR count). The second-order valence-electron chi connectivity index (χ2n) is 6.46. The largest absolute Gasteiger partial charge is 0.392 e. The van der Waals surface area contributed by atoms with Crippen molar-refractivity contribution in [3.63, 3.8) is 0 Å². The lowest BCUT2D eigenvalue weighted by molar-refractivity contribution is -0.141. The molecule has 0 aromatic rings. The van der Waals surface area contributed by atoms with E-state index in [9.17, 15) is 4.79 Å². The number of thiocarbonyl (C=S) groups is 1. The van der Waals surface area contributed by atoms with Gasteiger partial charge in [-0.2, -0.15) is 0 Å². The first-order valence-corrected chi connectivity index (χ1v) is 8.01. The predicted molar refractivity (Wildman–Crippen MR) is 81.9 cm³/mol. The van der Waals surface area contributed by atoms with Gasteiger partial charge >= 0.3 is 0 Å². The molecule has 2 fully saturated rings. The Morgan fingerprint density at radius 2 is 1.89 bits per heavy atom. The number of carbonyl (C=O) groups is 1. The van der Waals surface area contributed by atoms with Crippen molar-refractivity contribution < 1.29 is 4.79 Å². The Kier molecular flexibility index (Phi) is 4.49. The SMILES string of the molecule is CC(C)C1CCCN1C(=O)C1(C(N)=S)CCCCC1. The molecule has 1 amide bonds. The molecule has 4 heteroatoms. The highest BCUT2D eigenvalue weighted by atomic mass is 32.1. The van der Waals surface area contributed by atoms with Crippen LogP contribution in [-0.2, 0) is 4.79 Å². The summed E-state index contributed by atoms with van der Waals surface area (Å²) in [7, 11) is 0. The van der Waals surface area contributed by atoms with Crippen molar-refractivity contribution >= 4 is 23.1 Å². The number of amides is 1. The standard InChI is InChI=1S/C15H26N2OS/c1-11(2)12-7-6-10-17(12)14(18)15(13(16)19)8-4-3-5-9-15/h11-12H,3-10H2,1-2H3,(H2,16,19). The molecule has 0 bridgehead atoms. The zero-order valence-corrected chi connectivity index (χ0v) is 13.0. The minimum atomic E-state index is -0.537. The number of likely N-dealkylation sites (tertiary alicyclic amines) is 1. The Morgan fingerprint density at radius 3 is 2.42 bits per heavy atom. The molecule has 2 aliphatic rings. The second-order valence-corrected chi connectivity index (χ2v) is 6.90. The van der Waals surface area contributed by atoms with E-state index in [0.717, 1.165) is 45.1 Å². The molecule has 0 spiro atoms. The molecule has 1 saturated heterocycles. The van der Waals surface area contributed by atoms with Gasteiger partial charge in [0.15, 0.2) is 0 Å². The summed E-state index contributed by atoms with van der Waals surface area (Å²) < 4.78 is 0. The molecule has 1 atom stereocenters. The Labute approximate surface area is 121 Å². The molecule has 1 aliphatic heterocycles. The van der Waals surface area contributed by atoms with Crippen LogP contribution in [0.15, 0.2) is 0 Å². The first-order chi connectivity index (χ1) is 8.99. The molecular weight excluding hydrogens is 256 g/mol. The first-order valence-electron chi connectivity index (χ1n) is 7.60. The van der Waals surface area contributed by atoms with Gasteiger partial charge in [-0.1, -0.05) is 45.3 Å². The van der Waals surface area contributed by atoms with Crippen LogP contribution in [-0.4, -0.2) is 28.4 Å². The van der Waals surface area contributed by atoms with Crippen LogP contribution in [0.1, 0.15) is 58.8 Å². The van der Waals surface area contributed by atoms with Crippen LogP contribution >= 0.6 is 12.2 Å². The van der Waals surface area contributed by atoms with E-state index in [1.165, 1.54) is 6.42 Å². The molecule has 0 radical (unpaired) electrons. The van der Waals surface area contributed by atoms with Gasteiger partial charge in [-0.05, 0) is 31.6 Å². The van der Waals surface area contributed by atoms with Crippen LogP contribution in [0.5, 0.6) is 0 Å². The molecule has 1 aliphatic carbocycles. The van der Waals surface area contributed by atoms with Crippen LogP contribution in [0, 0.1) is 11.3 Å². The Morgan fingerprint density at radius 1 is 1.26 bits per heavy atom. The highest BCUT2D eigenvalue weighted by molar-refractivity contribution is 7.80. The Balaban J connectivity index is 2.22. The smallest absolute Gasteiger partial charge is 0.235 e. The molecule has 1 heterocycles. The average Bonchev–Trinajstić information content (AvgIpc) is 2.87. The molecule has 0 aromatic heterocycles. The van der Waals surface area contributed by atoms with E-state index in [0.29, 0.717) is 16.9 Å². The monoisotopic (exact) mass is 282 g/mol. The normalized spacial score (nSPS) is 26.7. The molecular formula is C15H26N2OS. The van der Waals surface area contributed by atoms with Crippen molar-refractivity contribution in [1.82, 2.24) is 4.90 Å². The Bertz CT molecular complexity index is 361. The minimum absolute atomic E-state index is 0.218. The summed E-state index contributed by atoms with van der Waals surface area (Å²) in [5.74, 6) is 0.731. The third-order valence-corrected chi connectivity index (χ3v) is 5.31. The average molecular weight is 282 g/mol. The minimum Gasteiger partial charge on any atom is -0.392 e. The lowest BCUT2D eigenvalue weighted by Crippen LogP contribution is -2.53. The van der Waals surface area contributed by atoms with Crippen molar-refractivity contribution in [3.8, 4) is 0 Å². The van der Waals surface area contributed by atoms with Crippen molar-refractivity contribution in [3.05, 3.63) is 0 Å². The van der Waals surface area contributed by atoms with Crippen molar-refractivity contribution in [2.75, 3.05) is 6.54 Å². The summed E-state index contributed by atoms with van der Waals surface area (Å²) in [6.07, 6.45) is 7.28. The lowest BCUT2D eigenvalue weighted by atomic mass is 9.72. The van der Waals surface area contributed by atoms with Gasteiger partial charge in [0, 0.05) is 12.6 Å². The third-order valence-electron chi connectivity index (χ3n) is 4.92. The van der Waals surface area contributed by atoms with E-state index in [2.05, 4.69) is 18.7 Å². The number of nitrogens with two attached hydrogens (primary N) is 1. The molecule has 0 aromatic carbocycles. The van der Waals surface area contributed by atoms with Crippen LogP contribution in [0.3, 0.4) is 0 Å². The molecule has 3 nitrogen and oxygen atoms in total. The maximum atomic E-state index is 13.0. The summed E-state index contributed by atoms with van der Waals surface area (Å²) in [6.45, 7) is 5.28. The molecule has 1 saturated carbocycles. The number of hydrogen-bond donors (Lipinski definition) is 1. The first kappa shape index (κ1) is 14.8. The van der Waals surface area contributed by atoms with E-state index in [-0.39, 0.29) is 5.91 Å². The number of carbonyl (C=O) groups excluding carboxylic acids is 1. The van der Waals surface area contributed by atoms with Gasteiger partial charge in [-0.25, -0.2) is 0 Å². The Hall–Kier alpha value is -0.640. The van der Waals surface area contributed by atoms with Gasteiger partial charge in [0.2, 0.25) is 5.91 Å². The molecule has 19 heavy (non-hydrogen) atoms. The zero-order valence-electron chi connectivity index (χ0n) is 12.2. The quantitative estimate of drug-likeness (QED) is 0.810. The summed E-state index contributed by atoms with van der Waals surface area (Å²) in [4.78, 5) is 15.5. The highest BCUT2D eigenvalue weighted by Gasteiger charge is 2.47. The molecule has 1 unspecified atom stereocenters. The second kappa shape index (κ2) is 5.78. The summed E-state index contributed by atoms with van der Waals surface area (Å²) in [6, 6.07) is 0.376. The summed E-state index contributed by atoms with van der Waals surface area (Å²) in [5.41, 5.74) is 5.44. The van der Waals surface area contributed by atoms with Crippen LogP contribution in [0.4, 0.5) is 0 Å². The number of hydrogen-bond acceptors (Lipinski definition) is 2. The fourth-order valence-corrected chi connectivity index (χ4v) is 4.03. The maximum Gasteiger partial charge on any atom is 0.235 e. The van der Waals surface area contributed by atoms with Crippen LogP contribution < -0.4 is 5.73 Å². The van der Waals surface area contributed by atoms with Crippen LogP contribution in [0.25, 0.3) is 0 Å². The van der Waals surface area contributed by atoms with E-state index in [1.54, 1.807) is 0 Å². The van der Waals surface area contributed by atoms with E-state index in [1.807, 2.05) is 0 Å². The lowest BCUT2D eigenvalue weighted by Gasteiger charge is -2.40. The predicted octanol–water partition coefficient (Wildman–Crippen LogP) is 2.87. The molecule has 108 valence electrons. The van der Waals surface area contributed by atoms with Gasteiger partial charge in [-0.3, -0.25) is 4.79 Å². The van der Waals surface area contributed by atoms with Crippen molar-refractivity contribution in [1.29, 1.82) is 0 Å². The number of nitrogens with zero attached hydrogens (tertiary/aromatic N) is 1. The van der Waals surface area contributed by atoms with E-state index < -0.39 is 5.41 Å². The summed E-state index contributed by atoms with van der Waals surface area (Å²) >= 11 is 5.27. The van der Waals surface area contributed by atoms with E-state index >= 15 is 0 Å². The van der Waals surface area contributed by atoms with Crippen molar-refractivity contribution in [2.45, 2.75) is 64.8 Å². The van der Waals surface area contributed by atoms with Gasteiger partial charge in [-0.15, -0.1) is 0 Å². The van der Waals surface area contributed by atoms with Crippen LogP contribution in [0.2, 0.25) is 0 Å². The van der Waals surface area contributed by atoms with Gasteiger partial charge < -0.3 is 10.6 Å². The van der Waals surface area contributed by atoms with Gasteiger partial charge in [0.05, 0.1) is 10.4 Å². The topological polar surface area (TPSA) is 46.3 Å².